The van der Waals surface area contributed by atoms with E-state index in [1.807, 2.05) is 35.3 Å². The normalized spacial score (nSPS) is 15.6. The van der Waals surface area contributed by atoms with Crippen LogP contribution in [0.1, 0.15) is 34.0 Å². The lowest BCUT2D eigenvalue weighted by molar-refractivity contribution is 0.813. The molecule has 2 aromatic heterocycles. The number of anilines is 2. The van der Waals surface area contributed by atoms with E-state index in [0.717, 1.165) is 51.2 Å². The van der Waals surface area contributed by atoms with Crippen LogP contribution >= 0.6 is 0 Å². The van der Waals surface area contributed by atoms with Crippen LogP contribution in [-0.4, -0.2) is 26.4 Å². The van der Waals surface area contributed by atoms with Crippen LogP contribution in [0.4, 0.5) is 22.9 Å². The molecule has 0 radical (unpaired) electrons. The van der Waals surface area contributed by atoms with Crippen molar-refractivity contribution >= 4 is 34.6 Å². The summed E-state index contributed by atoms with van der Waals surface area (Å²) in [6, 6.07) is 28.9. The van der Waals surface area contributed by atoms with Crippen molar-refractivity contribution in [3.8, 4) is 5.69 Å². The van der Waals surface area contributed by atoms with E-state index < -0.39 is 0 Å². The highest BCUT2D eigenvalue weighted by Gasteiger charge is 2.41. The molecular weight excluding hydrogens is 482 g/mol. The fraction of sp³-hybridized carbons (Fsp3) is 0.125. The Hall–Kier alpha value is -5.04. The van der Waals surface area contributed by atoms with Crippen molar-refractivity contribution in [2.75, 3.05) is 10.2 Å². The number of nitrogens with zero attached hydrogens (tertiary/aromatic N) is 6. The molecule has 5 aromatic rings. The van der Waals surface area contributed by atoms with E-state index in [9.17, 15) is 0 Å². The van der Waals surface area contributed by atoms with Crippen LogP contribution in [-0.2, 0) is 0 Å². The molecule has 0 spiro atoms. The Balaban J connectivity index is 1.49. The van der Waals surface area contributed by atoms with E-state index in [4.69, 9.17) is 15.1 Å². The van der Waals surface area contributed by atoms with Gasteiger partial charge in [-0.1, -0.05) is 47.5 Å². The first-order chi connectivity index (χ1) is 19.1. The van der Waals surface area contributed by atoms with E-state index in [1.54, 1.807) is 0 Å². The molecule has 0 saturated heterocycles. The summed E-state index contributed by atoms with van der Waals surface area (Å²) in [5.74, 6) is 2.25. The molecule has 7 rings (SSSR count). The maximum absolute atomic E-state index is 5.29. The van der Waals surface area contributed by atoms with Crippen molar-refractivity contribution < 1.29 is 0 Å². The van der Waals surface area contributed by atoms with E-state index >= 15 is 0 Å². The predicted molar refractivity (Wildman–Crippen MR) is 157 cm³/mol. The summed E-state index contributed by atoms with van der Waals surface area (Å²) in [5, 5.41) is 8.57. The average Bonchev–Trinajstić information content (AvgIpc) is 3.30. The van der Waals surface area contributed by atoms with Gasteiger partial charge in [-0.05, 0) is 74.9 Å². The highest BCUT2D eigenvalue weighted by molar-refractivity contribution is 6.51. The monoisotopic (exact) mass is 509 g/mol. The zero-order valence-electron chi connectivity index (χ0n) is 22.0. The Labute approximate surface area is 227 Å². The molecule has 190 valence electrons. The Morgan fingerprint density at radius 3 is 2.18 bits per heavy atom. The van der Waals surface area contributed by atoms with Crippen LogP contribution in [0.3, 0.4) is 0 Å². The fourth-order valence-corrected chi connectivity index (χ4v) is 5.30. The molecule has 1 atom stereocenters. The number of hydrogen-bond donors (Lipinski definition) is 1. The average molecular weight is 510 g/mol. The number of aromatic nitrogens is 3. The summed E-state index contributed by atoms with van der Waals surface area (Å²) in [5.41, 5.74) is 9.32. The van der Waals surface area contributed by atoms with Crippen molar-refractivity contribution in [2.45, 2.75) is 26.8 Å². The third kappa shape index (κ3) is 3.90. The predicted octanol–water partition coefficient (Wildman–Crippen LogP) is 6.99. The lowest BCUT2D eigenvalue weighted by Gasteiger charge is -2.40. The highest BCUT2D eigenvalue weighted by atomic mass is 15.4. The lowest BCUT2D eigenvalue weighted by Crippen LogP contribution is -2.46. The van der Waals surface area contributed by atoms with Gasteiger partial charge in [0.2, 0.25) is 0 Å². The number of rotatable bonds is 3. The van der Waals surface area contributed by atoms with Crippen molar-refractivity contribution in [2.24, 2.45) is 9.98 Å². The molecule has 0 amide bonds. The second kappa shape index (κ2) is 9.06. The first-order valence-electron chi connectivity index (χ1n) is 13.0. The largest absolute Gasteiger partial charge is 0.337 e. The molecule has 0 bridgehead atoms. The maximum Gasteiger partial charge on any atom is 0.179 e. The van der Waals surface area contributed by atoms with Crippen LogP contribution in [0.5, 0.6) is 0 Å². The third-order valence-corrected chi connectivity index (χ3v) is 7.25. The molecule has 0 saturated carbocycles. The number of aliphatic imine (C=N–C) groups is 2. The number of pyridine rings is 1. The molecule has 0 aliphatic carbocycles. The molecule has 39 heavy (non-hydrogen) atoms. The van der Waals surface area contributed by atoms with Crippen LogP contribution < -0.4 is 10.2 Å². The zero-order valence-corrected chi connectivity index (χ0v) is 22.0. The summed E-state index contributed by atoms with van der Waals surface area (Å²) >= 11 is 0. The minimum absolute atomic E-state index is 0.166. The van der Waals surface area contributed by atoms with Gasteiger partial charge in [-0.3, -0.25) is 4.98 Å². The first-order valence-corrected chi connectivity index (χ1v) is 13.0. The van der Waals surface area contributed by atoms with E-state index in [0.29, 0.717) is 5.84 Å². The maximum atomic E-state index is 5.29. The molecule has 4 heterocycles. The lowest BCUT2D eigenvalue weighted by atomic mass is 9.94. The summed E-state index contributed by atoms with van der Waals surface area (Å²) < 4.78 is 1.95. The van der Waals surface area contributed by atoms with Crippen molar-refractivity contribution in [1.82, 2.24) is 14.8 Å². The molecule has 3 aromatic carbocycles. The number of amidine groups is 2. The van der Waals surface area contributed by atoms with Gasteiger partial charge in [0.15, 0.2) is 17.5 Å². The molecule has 1 unspecified atom stereocenters. The second-order valence-corrected chi connectivity index (χ2v) is 10.00. The van der Waals surface area contributed by atoms with Gasteiger partial charge in [0.25, 0.3) is 0 Å². The molecular formula is C32H27N7. The second-order valence-electron chi connectivity index (χ2n) is 10.00. The Kier molecular flexibility index (Phi) is 5.37. The van der Waals surface area contributed by atoms with Crippen molar-refractivity contribution in [1.29, 1.82) is 0 Å². The number of hydrogen-bond acceptors (Lipinski definition) is 6. The highest BCUT2D eigenvalue weighted by Crippen LogP contribution is 2.48. The number of para-hydroxylation sites is 2. The van der Waals surface area contributed by atoms with Crippen LogP contribution in [0.15, 0.2) is 107 Å². The minimum Gasteiger partial charge on any atom is -0.337 e. The van der Waals surface area contributed by atoms with Gasteiger partial charge < -0.3 is 10.2 Å². The van der Waals surface area contributed by atoms with Gasteiger partial charge in [-0.15, -0.1) is 0 Å². The Morgan fingerprint density at radius 1 is 0.744 bits per heavy atom. The van der Waals surface area contributed by atoms with Gasteiger partial charge in [0.1, 0.15) is 0 Å². The van der Waals surface area contributed by atoms with E-state index in [2.05, 4.69) is 103 Å². The van der Waals surface area contributed by atoms with Gasteiger partial charge in [-0.2, -0.15) is 5.10 Å². The molecule has 1 N–H and O–H groups in total. The number of fused-ring (bicyclic) bond motifs is 4. The number of nitrogens with one attached hydrogen (secondary N) is 1. The standard InChI is InChI=1S/C32H27N7/c1-20-8-12-24(13-9-20)34-30-32-36-31-28(22(3)37-39(31)25-14-10-21(2)11-15-25)29(23-16-18-33-19-17-23)38(32)27-7-5-4-6-26(27)35-30/h4-19,29H,1-3H3,(H,34,35). The summed E-state index contributed by atoms with van der Waals surface area (Å²) in [6.07, 6.45) is 3.69. The smallest absolute Gasteiger partial charge is 0.179 e. The quantitative estimate of drug-likeness (QED) is 0.285. The summed E-state index contributed by atoms with van der Waals surface area (Å²) in [7, 11) is 0. The van der Waals surface area contributed by atoms with Crippen LogP contribution in [0.2, 0.25) is 0 Å². The third-order valence-electron chi connectivity index (χ3n) is 7.25. The van der Waals surface area contributed by atoms with Gasteiger partial charge in [-0.25, -0.2) is 14.7 Å². The molecule has 7 heteroatoms. The van der Waals surface area contributed by atoms with E-state index in [-0.39, 0.29) is 6.04 Å². The summed E-state index contributed by atoms with van der Waals surface area (Å²) in [6.45, 7) is 6.23. The van der Waals surface area contributed by atoms with Crippen LogP contribution in [0.25, 0.3) is 5.69 Å². The fourth-order valence-electron chi connectivity index (χ4n) is 5.30. The minimum atomic E-state index is -0.166. The van der Waals surface area contributed by atoms with Crippen molar-refractivity contribution in [3.63, 3.8) is 0 Å². The van der Waals surface area contributed by atoms with E-state index in [1.165, 1.54) is 11.1 Å². The number of aryl methyl sites for hydroxylation is 3. The zero-order chi connectivity index (χ0) is 26.5. The topological polar surface area (TPSA) is 70.7 Å². The first kappa shape index (κ1) is 23.1. The Morgan fingerprint density at radius 2 is 1.44 bits per heavy atom. The van der Waals surface area contributed by atoms with Crippen molar-refractivity contribution in [3.05, 3.63) is 125 Å². The van der Waals surface area contributed by atoms with Crippen LogP contribution in [0, 0.1) is 20.8 Å². The molecule has 7 nitrogen and oxygen atoms in total. The Bertz CT molecular complexity index is 1750. The SMILES string of the molecule is Cc1ccc(NC2=Nc3ccccc3N3C2=Nc2c(c(C)nn2-c2ccc(C)cc2)C3c2ccncc2)cc1. The van der Waals surface area contributed by atoms with Gasteiger partial charge in [0.05, 0.1) is 28.8 Å². The van der Waals surface area contributed by atoms with Gasteiger partial charge in [0, 0.05) is 23.6 Å². The molecule has 0 fully saturated rings. The molecule has 2 aliphatic heterocycles. The summed E-state index contributed by atoms with van der Waals surface area (Å²) in [4.78, 5) is 16.9. The molecule has 2 aliphatic rings. The number of benzene rings is 3. The van der Waals surface area contributed by atoms with Gasteiger partial charge >= 0.3 is 0 Å².